The molecule has 0 fully saturated rings. The van der Waals surface area contributed by atoms with Crippen molar-refractivity contribution in [1.82, 2.24) is 29.3 Å². The normalized spacial score (nSPS) is 12.1. The van der Waals surface area contributed by atoms with E-state index < -0.39 is 4.65 Å². The number of nitrogens with zero attached hydrogens (tertiary/aromatic N) is 6. The fourth-order valence-corrected chi connectivity index (χ4v) is 3.91. The van der Waals surface area contributed by atoms with Crippen molar-refractivity contribution in [2.24, 2.45) is 0 Å². The molecule has 3 aromatic rings. The average Bonchev–Trinajstić information content (AvgIpc) is 3.07. The zero-order chi connectivity index (χ0) is 16.9. The number of rotatable bonds is 3. The zero-order valence-corrected chi connectivity index (χ0v) is 15.6. The van der Waals surface area contributed by atoms with Gasteiger partial charge in [0, 0.05) is 0 Å². The standard InChI is InChI=1S/C16H21N6.Cr/c1-10-7-13(4)20(17-10)16(21-14(5)8-11(2)18-21)22-15(6)9-12(3)19-22;/h7-9H,1-6H3;. The van der Waals surface area contributed by atoms with E-state index in [1.807, 2.05) is 55.6 Å². The van der Waals surface area contributed by atoms with Crippen molar-refractivity contribution >= 4 is 0 Å². The molecule has 121 valence electrons. The molecule has 3 rings (SSSR count). The predicted molar refractivity (Wildman–Crippen MR) is 83.9 cm³/mol. The molecule has 23 heavy (non-hydrogen) atoms. The second-order valence-corrected chi connectivity index (χ2v) is 6.95. The summed E-state index contributed by atoms with van der Waals surface area (Å²) >= 11 is 3.30. The van der Waals surface area contributed by atoms with Gasteiger partial charge in [-0.15, -0.1) is 0 Å². The van der Waals surface area contributed by atoms with Crippen LogP contribution in [-0.4, -0.2) is 29.3 Å². The molecule has 0 saturated carbocycles. The first-order chi connectivity index (χ1) is 10.7. The van der Waals surface area contributed by atoms with Crippen LogP contribution in [0, 0.1) is 41.5 Å². The monoisotopic (exact) mass is 349 g/mol. The molecular weight excluding hydrogens is 328 g/mol. The van der Waals surface area contributed by atoms with Crippen LogP contribution in [0.1, 0.15) is 34.2 Å². The fraction of sp³-hybridized carbons (Fsp3) is 0.438. The first-order valence-electron chi connectivity index (χ1n) is 7.55. The molecule has 0 aliphatic heterocycles. The molecule has 0 bridgehead atoms. The minimum absolute atomic E-state index is 0.797. The molecular formula is C16H21CrN6. The van der Waals surface area contributed by atoms with E-state index in [1.165, 1.54) is 0 Å². The summed E-state index contributed by atoms with van der Waals surface area (Å²) in [7, 11) is 0. The maximum atomic E-state index is 4.70. The molecule has 0 radical (unpaired) electrons. The average molecular weight is 349 g/mol. The van der Waals surface area contributed by atoms with Crippen molar-refractivity contribution < 1.29 is 16.3 Å². The number of aryl methyl sites for hydroxylation is 6. The summed E-state index contributed by atoms with van der Waals surface area (Å²) in [5.74, 6) is 0. The second-order valence-electron chi connectivity index (χ2n) is 6.09. The van der Waals surface area contributed by atoms with E-state index in [9.17, 15) is 0 Å². The third kappa shape index (κ3) is 2.44. The molecule has 0 amide bonds. The van der Waals surface area contributed by atoms with Crippen LogP contribution < -0.4 is 0 Å². The van der Waals surface area contributed by atoms with Gasteiger partial charge in [0.15, 0.2) is 0 Å². The quantitative estimate of drug-likeness (QED) is 0.729. The van der Waals surface area contributed by atoms with Gasteiger partial charge in [-0.1, -0.05) is 0 Å². The van der Waals surface area contributed by atoms with Gasteiger partial charge in [-0.3, -0.25) is 0 Å². The number of hydrogen-bond donors (Lipinski definition) is 0. The SMILES string of the molecule is Cc1cc(C)n([C]([Cr])(n2nc(C)cc2C)n2nc(C)cc2C)n1. The van der Waals surface area contributed by atoms with Gasteiger partial charge in [-0.2, -0.15) is 0 Å². The fourth-order valence-electron chi connectivity index (χ4n) is 3.04. The molecule has 0 spiro atoms. The van der Waals surface area contributed by atoms with Crippen LogP contribution >= 0.6 is 0 Å². The summed E-state index contributed by atoms with van der Waals surface area (Å²) < 4.78 is 5.04. The molecule has 6 nitrogen and oxygen atoms in total. The molecule has 0 unspecified atom stereocenters. The van der Waals surface area contributed by atoms with Crippen LogP contribution in [-0.2, 0) is 20.9 Å². The van der Waals surface area contributed by atoms with Gasteiger partial charge < -0.3 is 0 Å². The molecule has 0 aliphatic carbocycles. The predicted octanol–water partition coefficient (Wildman–Crippen LogP) is 2.34. The molecule has 3 heterocycles. The Hall–Kier alpha value is -1.84. The zero-order valence-electron chi connectivity index (χ0n) is 14.3. The van der Waals surface area contributed by atoms with E-state index in [-0.39, 0.29) is 0 Å². The van der Waals surface area contributed by atoms with Gasteiger partial charge in [0.1, 0.15) is 0 Å². The van der Waals surface area contributed by atoms with Gasteiger partial charge in [0.2, 0.25) is 0 Å². The molecule has 0 aliphatic rings. The van der Waals surface area contributed by atoms with Crippen molar-refractivity contribution in [2.45, 2.75) is 46.2 Å². The van der Waals surface area contributed by atoms with Gasteiger partial charge in [-0.05, 0) is 0 Å². The Kier molecular flexibility index (Phi) is 3.74. The van der Waals surface area contributed by atoms with E-state index >= 15 is 0 Å². The summed E-state index contributed by atoms with van der Waals surface area (Å²) in [6, 6.07) is 6.18. The first-order valence-corrected chi connectivity index (χ1v) is 8.19. The Bertz CT molecular complexity index is 757. The summed E-state index contributed by atoms with van der Waals surface area (Å²) in [6.07, 6.45) is 0. The van der Waals surface area contributed by atoms with E-state index in [2.05, 4.69) is 34.5 Å². The third-order valence-corrected chi connectivity index (χ3v) is 4.67. The Morgan fingerprint density at radius 3 is 1.09 bits per heavy atom. The van der Waals surface area contributed by atoms with Gasteiger partial charge >= 0.3 is 144 Å². The van der Waals surface area contributed by atoms with Gasteiger partial charge in [0.25, 0.3) is 0 Å². The Morgan fingerprint density at radius 2 is 0.913 bits per heavy atom. The Labute approximate surface area is 144 Å². The molecule has 0 saturated heterocycles. The van der Waals surface area contributed by atoms with E-state index in [1.54, 1.807) is 0 Å². The first kappa shape index (κ1) is 16.0. The Morgan fingerprint density at radius 1 is 0.652 bits per heavy atom. The topological polar surface area (TPSA) is 53.5 Å². The van der Waals surface area contributed by atoms with Crippen LogP contribution in [0.3, 0.4) is 0 Å². The van der Waals surface area contributed by atoms with E-state index in [4.69, 9.17) is 15.3 Å². The van der Waals surface area contributed by atoms with Crippen LogP contribution in [0.25, 0.3) is 0 Å². The van der Waals surface area contributed by atoms with Crippen molar-refractivity contribution in [3.05, 3.63) is 52.4 Å². The summed E-state index contributed by atoms with van der Waals surface area (Å²) in [4.78, 5) is 0. The van der Waals surface area contributed by atoms with Crippen molar-refractivity contribution in [3.63, 3.8) is 0 Å². The Balaban J connectivity index is 2.36. The van der Waals surface area contributed by atoms with Crippen LogP contribution in [0.15, 0.2) is 18.2 Å². The minimum atomic E-state index is -0.797. The number of aromatic nitrogens is 6. The van der Waals surface area contributed by atoms with Crippen molar-refractivity contribution in [2.75, 3.05) is 0 Å². The van der Waals surface area contributed by atoms with Crippen LogP contribution in [0.2, 0.25) is 0 Å². The van der Waals surface area contributed by atoms with Crippen LogP contribution in [0.5, 0.6) is 0 Å². The van der Waals surface area contributed by atoms with Crippen molar-refractivity contribution in [1.29, 1.82) is 0 Å². The van der Waals surface area contributed by atoms with Gasteiger partial charge in [-0.25, -0.2) is 0 Å². The van der Waals surface area contributed by atoms with Crippen molar-refractivity contribution in [3.8, 4) is 0 Å². The van der Waals surface area contributed by atoms with Gasteiger partial charge in [0.05, 0.1) is 0 Å². The molecule has 0 aromatic carbocycles. The van der Waals surface area contributed by atoms with E-state index in [0.29, 0.717) is 0 Å². The number of hydrogen-bond acceptors (Lipinski definition) is 3. The second kappa shape index (κ2) is 5.36. The summed E-state index contributed by atoms with van der Waals surface area (Å²) in [5, 5.41) is 14.1. The summed E-state index contributed by atoms with van der Waals surface area (Å²) in [6.45, 7) is 12.1. The van der Waals surface area contributed by atoms with Crippen LogP contribution in [0.4, 0.5) is 0 Å². The molecule has 0 atom stereocenters. The maximum absolute atomic E-state index is 4.70. The molecule has 7 heteroatoms. The van der Waals surface area contributed by atoms with E-state index in [0.717, 1.165) is 34.2 Å². The molecule has 3 aromatic heterocycles. The third-order valence-electron chi connectivity index (χ3n) is 3.86. The summed E-state index contributed by atoms with van der Waals surface area (Å²) in [5.41, 5.74) is 6.02. The molecule has 0 N–H and O–H groups in total.